The molecular weight excluding hydrogens is 459 g/mol. The molecular formula is C22H20F3N3O6. The van der Waals surface area contributed by atoms with Gasteiger partial charge in [0.25, 0.3) is 5.91 Å². The Kier molecular flexibility index (Phi) is 7.29. The first-order valence-electron chi connectivity index (χ1n) is 9.66. The summed E-state index contributed by atoms with van der Waals surface area (Å²) in [6, 6.07) is 9.13. The Hall–Kier alpha value is -4.22. The lowest BCUT2D eigenvalue weighted by Crippen LogP contribution is -2.21. The van der Waals surface area contributed by atoms with Crippen LogP contribution in [-0.2, 0) is 15.7 Å². The first-order valence-corrected chi connectivity index (χ1v) is 9.66. The molecule has 1 heterocycles. The standard InChI is InChI=1S/C22H20F3N3O6/c1-31-15-7-8-17(32-2)16(10-15)26-19(29)12-34-21(30)20-18(33-3)11-28(27-20)14-6-4-5-13(9-14)22(23,24)25/h4-11H,12H2,1-3H3,(H,26,29). The molecule has 0 saturated heterocycles. The normalized spacial score (nSPS) is 11.0. The molecule has 180 valence electrons. The number of nitrogens with zero attached hydrogens (tertiary/aromatic N) is 2. The Morgan fingerprint density at radius 3 is 2.38 bits per heavy atom. The molecule has 1 aromatic heterocycles. The SMILES string of the molecule is COc1ccc(OC)c(NC(=O)COC(=O)c2nn(-c3cccc(C(F)(F)F)c3)cc2OC)c1. The highest BCUT2D eigenvalue weighted by Gasteiger charge is 2.31. The number of halogens is 3. The number of carbonyl (C=O) groups excluding carboxylic acids is 2. The first-order chi connectivity index (χ1) is 16.2. The highest BCUT2D eigenvalue weighted by atomic mass is 19.4. The van der Waals surface area contributed by atoms with Gasteiger partial charge in [-0.15, -0.1) is 0 Å². The number of hydrogen-bond donors (Lipinski definition) is 1. The van der Waals surface area contributed by atoms with Gasteiger partial charge in [-0.1, -0.05) is 6.07 Å². The van der Waals surface area contributed by atoms with E-state index in [9.17, 15) is 22.8 Å². The summed E-state index contributed by atoms with van der Waals surface area (Å²) in [5.41, 5.74) is -0.843. The number of carbonyl (C=O) groups is 2. The predicted molar refractivity (Wildman–Crippen MR) is 114 cm³/mol. The van der Waals surface area contributed by atoms with Crippen molar-refractivity contribution in [3.63, 3.8) is 0 Å². The van der Waals surface area contributed by atoms with Crippen LogP contribution in [0.3, 0.4) is 0 Å². The summed E-state index contributed by atoms with van der Waals surface area (Å²) >= 11 is 0. The average molecular weight is 479 g/mol. The summed E-state index contributed by atoms with van der Waals surface area (Å²) in [7, 11) is 4.14. The van der Waals surface area contributed by atoms with Crippen LogP contribution in [0.2, 0.25) is 0 Å². The number of ether oxygens (including phenoxy) is 4. The number of hydrogen-bond acceptors (Lipinski definition) is 7. The minimum Gasteiger partial charge on any atom is -0.497 e. The Bertz CT molecular complexity index is 1190. The fraction of sp³-hybridized carbons (Fsp3) is 0.227. The van der Waals surface area contributed by atoms with Gasteiger partial charge in [-0.2, -0.15) is 18.3 Å². The fourth-order valence-electron chi connectivity index (χ4n) is 2.90. The second kappa shape index (κ2) is 10.1. The Morgan fingerprint density at radius 2 is 1.74 bits per heavy atom. The Labute approximate surface area is 192 Å². The van der Waals surface area contributed by atoms with E-state index >= 15 is 0 Å². The Morgan fingerprint density at radius 1 is 1.00 bits per heavy atom. The molecule has 0 bridgehead atoms. The molecule has 9 nitrogen and oxygen atoms in total. The minimum atomic E-state index is -4.55. The van der Waals surface area contributed by atoms with Crippen molar-refractivity contribution in [1.82, 2.24) is 9.78 Å². The van der Waals surface area contributed by atoms with Gasteiger partial charge in [0.15, 0.2) is 12.4 Å². The predicted octanol–water partition coefficient (Wildman–Crippen LogP) is 3.71. The molecule has 0 saturated carbocycles. The summed E-state index contributed by atoms with van der Waals surface area (Å²) in [5.74, 6) is -0.885. The van der Waals surface area contributed by atoms with E-state index in [0.29, 0.717) is 17.2 Å². The minimum absolute atomic E-state index is 0.0442. The number of aromatic nitrogens is 2. The van der Waals surface area contributed by atoms with Crippen LogP contribution >= 0.6 is 0 Å². The first kappa shape index (κ1) is 24.4. The molecule has 0 spiro atoms. The number of esters is 1. The second-order valence-corrected chi connectivity index (χ2v) is 6.73. The van der Waals surface area contributed by atoms with Crippen molar-refractivity contribution in [2.75, 3.05) is 33.3 Å². The maximum absolute atomic E-state index is 13.0. The summed E-state index contributed by atoms with van der Waals surface area (Å²) in [6.07, 6.45) is -3.32. The van der Waals surface area contributed by atoms with Crippen molar-refractivity contribution < 1.29 is 41.7 Å². The molecule has 3 aromatic rings. The van der Waals surface area contributed by atoms with E-state index in [2.05, 4.69) is 10.4 Å². The zero-order chi connectivity index (χ0) is 24.9. The van der Waals surface area contributed by atoms with Gasteiger partial charge >= 0.3 is 12.1 Å². The van der Waals surface area contributed by atoms with Crippen molar-refractivity contribution in [2.24, 2.45) is 0 Å². The van der Waals surface area contributed by atoms with Crippen molar-refractivity contribution in [2.45, 2.75) is 6.18 Å². The van der Waals surface area contributed by atoms with Crippen LogP contribution in [0, 0.1) is 0 Å². The third-order valence-electron chi connectivity index (χ3n) is 4.55. The molecule has 12 heteroatoms. The van der Waals surface area contributed by atoms with E-state index < -0.39 is 30.2 Å². The van der Waals surface area contributed by atoms with Gasteiger partial charge in [-0.3, -0.25) is 4.79 Å². The van der Waals surface area contributed by atoms with E-state index in [-0.39, 0.29) is 17.1 Å². The lowest BCUT2D eigenvalue weighted by Gasteiger charge is -2.11. The average Bonchev–Trinajstić information content (AvgIpc) is 3.26. The van der Waals surface area contributed by atoms with E-state index in [1.807, 2.05) is 0 Å². The van der Waals surface area contributed by atoms with E-state index in [1.165, 1.54) is 45.7 Å². The van der Waals surface area contributed by atoms with Crippen LogP contribution in [0.1, 0.15) is 16.1 Å². The quantitative estimate of drug-likeness (QED) is 0.492. The topological polar surface area (TPSA) is 101 Å². The van der Waals surface area contributed by atoms with Gasteiger partial charge in [0, 0.05) is 6.07 Å². The van der Waals surface area contributed by atoms with Crippen LogP contribution in [0.15, 0.2) is 48.7 Å². The number of benzene rings is 2. The fourth-order valence-corrected chi connectivity index (χ4v) is 2.90. The number of rotatable bonds is 8. The smallest absolute Gasteiger partial charge is 0.416 e. The highest BCUT2D eigenvalue weighted by molar-refractivity contribution is 5.96. The van der Waals surface area contributed by atoms with Crippen LogP contribution in [0.4, 0.5) is 18.9 Å². The lowest BCUT2D eigenvalue weighted by atomic mass is 10.2. The van der Waals surface area contributed by atoms with Crippen LogP contribution in [0.5, 0.6) is 17.2 Å². The van der Waals surface area contributed by atoms with Crippen molar-refractivity contribution in [3.05, 3.63) is 59.9 Å². The molecule has 0 fully saturated rings. The number of methoxy groups -OCH3 is 3. The summed E-state index contributed by atoms with van der Waals surface area (Å²) in [4.78, 5) is 24.8. The van der Waals surface area contributed by atoms with E-state index in [4.69, 9.17) is 18.9 Å². The molecule has 1 amide bonds. The summed E-state index contributed by atoms with van der Waals surface area (Å²) in [5, 5.41) is 6.51. The van der Waals surface area contributed by atoms with Gasteiger partial charge < -0.3 is 24.3 Å². The van der Waals surface area contributed by atoms with Crippen LogP contribution < -0.4 is 19.5 Å². The molecule has 0 aliphatic carbocycles. The van der Waals surface area contributed by atoms with Gasteiger partial charge in [-0.05, 0) is 30.3 Å². The van der Waals surface area contributed by atoms with Crippen LogP contribution in [-0.4, -0.2) is 49.6 Å². The third-order valence-corrected chi connectivity index (χ3v) is 4.55. The molecule has 0 atom stereocenters. The van der Waals surface area contributed by atoms with Gasteiger partial charge in [-0.25, -0.2) is 9.48 Å². The van der Waals surface area contributed by atoms with E-state index in [0.717, 1.165) is 16.8 Å². The molecule has 2 aromatic carbocycles. The number of anilines is 1. The highest BCUT2D eigenvalue weighted by Crippen LogP contribution is 2.31. The van der Waals surface area contributed by atoms with E-state index in [1.54, 1.807) is 12.1 Å². The molecule has 34 heavy (non-hydrogen) atoms. The van der Waals surface area contributed by atoms with Crippen molar-refractivity contribution in [3.8, 4) is 22.9 Å². The van der Waals surface area contributed by atoms with Crippen molar-refractivity contribution in [1.29, 1.82) is 0 Å². The van der Waals surface area contributed by atoms with Crippen molar-refractivity contribution >= 4 is 17.6 Å². The number of alkyl halides is 3. The van der Waals surface area contributed by atoms with Gasteiger partial charge in [0.1, 0.15) is 11.5 Å². The molecule has 0 radical (unpaired) electrons. The second-order valence-electron chi connectivity index (χ2n) is 6.73. The molecule has 0 aliphatic rings. The molecule has 1 N–H and O–H groups in total. The Balaban J connectivity index is 1.72. The molecule has 3 rings (SSSR count). The lowest BCUT2D eigenvalue weighted by molar-refractivity contribution is -0.137. The van der Waals surface area contributed by atoms with Gasteiger partial charge in [0.05, 0.1) is 44.5 Å². The monoisotopic (exact) mass is 479 g/mol. The number of nitrogens with one attached hydrogen (secondary N) is 1. The van der Waals surface area contributed by atoms with Crippen LogP contribution in [0.25, 0.3) is 5.69 Å². The number of amides is 1. The zero-order valence-corrected chi connectivity index (χ0v) is 18.3. The largest absolute Gasteiger partial charge is 0.497 e. The molecule has 0 aliphatic heterocycles. The summed E-state index contributed by atoms with van der Waals surface area (Å²) in [6.45, 7) is -0.668. The zero-order valence-electron chi connectivity index (χ0n) is 18.3. The maximum Gasteiger partial charge on any atom is 0.416 e. The summed E-state index contributed by atoms with van der Waals surface area (Å²) < 4.78 is 60.4. The van der Waals surface area contributed by atoms with Gasteiger partial charge in [0.2, 0.25) is 5.69 Å². The maximum atomic E-state index is 13.0. The molecule has 0 unspecified atom stereocenters. The third kappa shape index (κ3) is 5.57.